The third-order valence-corrected chi connectivity index (χ3v) is 4.10. The summed E-state index contributed by atoms with van der Waals surface area (Å²) in [6.45, 7) is 2.21. The van der Waals surface area contributed by atoms with E-state index in [2.05, 4.69) is 35.0 Å². The molecule has 1 saturated carbocycles. The van der Waals surface area contributed by atoms with Crippen molar-refractivity contribution in [1.82, 2.24) is 0 Å². The number of methoxy groups -OCH3 is 1. The first kappa shape index (κ1) is 11.9. The number of hydrogen-bond acceptors (Lipinski definition) is 2. The number of ether oxygens (including phenoxy) is 1. The Kier molecular flexibility index (Phi) is 3.27. The number of benzene rings is 1. The van der Waals surface area contributed by atoms with Gasteiger partial charge in [0, 0.05) is 5.54 Å². The molecule has 0 aliphatic heterocycles. The molecule has 1 aliphatic rings. The molecule has 0 radical (unpaired) electrons. The van der Waals surface area contributed by atoms with E-state index in [-0.39, 0.29) is 5.54 Å². The van der Waals surface area contributed by atoms with Gasteiger partial charge >= 0.3 is 0 Å². The minimum Gasteiger partial charge on any atom is -0.496 e. The smallest absolute Gasteiger partial charge is 0.133 e. The van der Waals surface area contributed by atoms with Gasteiger partial charge in [-0.1, -0.05) is 19.4 Å². The lowest BCUT2D eigenvalue weighted by Crippen LogP contribution is -2.22. The standard InChI is InChI=1S/C13H18BrNO/c1-3-4-10-8-13(10,15)9-5-6-12(16-2)11(14)7-9/h5-7,10H,3-4,8,15H2,1-2H3. The molecular formula is C13H18BrNO. The van der Waals surface area contributed by atoms with Crippen molar-refractivity contribution in [3.8, 4) is 5.75 Å². The van der Waals surface area contributed by atoms with Gasteiger partial charge in [-0.2, -0.15) is 0 Å². The summed E-state index contributed by atoms with van der Waals surface area (Å²) < 4.78 is 6.21. The molecule has 0 amide bonds. The van der Waals surface area contributed by atoms with E-state index in [0.29, 0.717) is 5.92 Å². The van der Waals surface area contributed by atoms with Crippen LogP contribution in [0.5, 0.6) is 5.75 Å². The monoisotopic (exact) mass is 283 g/mol. The molecule has 3 heteroatoms. The third-order valence-electron chi connectivity index (χ3n) is 3.48. The molecule has 0 aromatic heterocycles. The van der Waals surface area contributed by atoms with E-state index in [0.717, 1.165) is 16.6 Å². The Morgan fingerprint density at radius 1 is 1.56 bits per heavy atom. The normalized spacial score (nSPS) is 27.9. The van der Waals surface area contributed by atoms with Crippen molar-refractivity contribution in [3.63, 3.8) is 0 Å². The maximum Gasteiger partial charge on any atom is 0.133 e. The number of rotatable bonds is 4. The molecule has 0 heterocycles. The number of nitrogens with two attached hydrogens (primary N) is 1. The average Bonchev–Trinajstić information content (AvgIpc) is 2.91. The fourth-order valence-corrected chi connectivity index (χ4v) is 2.91. The maximum atomic E-state index is 6.40. The highest BCUT2D eigenvalue weighted by molar-refractivity contribution is 9.10. The van der Waals surface area contributed by atoms with Crippen LogP contribution in [0.15, 0.2) is 22.7 Å². The van der Waals surface area contributed by atoms with Crippen LogP contribution < -0.4 is 10.5 Å². The Balaban J connectivity index is 2.20. The predicted octanol–water partition coefficient (Wildman–Crippen LogP) is 3.43. The second-order valence-corrected chi connectivity index (χ2v) is 5.43. The third kappa shape index (κ3) is 1.98. The fourth-order valence-electron chi connectivity index (χ4n) is 2.37. The molecule has 0 saturated heterocycles. The molecule has 1 fully saturated rings. The van der Waals surface area contributed by atoms with Crippen molar-refractivity contribution in [2.45, 2.75) is 31.7 Å². The van der Waals surface area contributed by atoms with Crippen molar-refractivity contribution in [2.75, 3.05) is 7.11 Å². The molecule has 1 aromatic rings. The molecule has 2 N–H and O–H groups in total. The van der Waals surface area contributed by atoms with Crippen molar-refractivity contribution in [2.24, 2.45) is 11.7 Å². The van der Waals surface area contributed by atoms with Crippen LogP contribution in [0.3, 0.4) is 0 Å². The van der Waals surface area contributed by atoms with E-state index < -0.39 is 0 Å². The first-order valence-corrected chi connectivity index (χ1v) is 6.54. The molecule has 1 aromatic carbocycles. The van der Waals surface area contributed by atoms with Gasteiger partial charge in [0.2, 0.25) is 0 Å². The van der Waals surface area contributed by atoms with Gasteiger partial charge in [-0.3, -0.25) is 0 Å². The second kappa shape index (κ2) is 4.38. The highest BCUT2D eigenvalue weighted by Crippen LogP contribution is 2.52. The molecule has 1 aliphatic carbocycles. The van der Waals surface area contributed by atoms with Gasteiger partial charge in [0.1, 0.15) is 5.75 Å². The Morgan fingerprint density at radius 3 is 2.88 bits per heavy atom. The van der Waals surface area contributed by atoms with Crippen LogP contribution in [0.1, 0.15) is 31.7 Å². The summed E-state index contributed by atoms with van der Waals surface area (Å²) in [4.78, 5) is 0. The summed E-state index contributed by atoms with van der Waals surface area (Å²) in [6, 6.07) is 6.16. The lowest BCUT2D eigenvalue weighted by atomic mass is 10.0. The summed E-state index contributed by atoms with van der Waals surface area (Å²) in [5.74, 6) is 1.51. The maximum absolute atomic E-state index is 6.40. The lowest BCUT2D eigenvalue weighted by molar-refractivity contribution is 0.411. The zero-order chi connectivity index (χ0) is 11.8. The molecule has 2 rings (SSSR count). The van der Waals surface area contributed by atoms with Crippen LogP contribution in [0, 0.1) is 5.92 Å². The summed E-state index contributed by atoms with van der Waals surface area (Å²) >= 11 is 3.51. The molecular weight excluding hydrogens is 266 g/mol. The quantitative estimate of drug-likeness (QED) is 0.919. The topological polar surface area (TPSA) is 35.2 Å². The zero-order valence-corrected chi connectivity index (χ0v) is 11.4. The van der Waals surface area contributed by atoms with E-state index in [4.69, 9.17) is 10.5 Å². The van der Waals surface area contributed by atoms with Crippen molar-refractivity contribution < 1.29 is 4.74 Å². The van der Waals surface area contributed by atoms with Crippen LogP contribution >= 0.6 is 15.9 Å². The zero-order valence-electron chi connectivity index (χ0n) is 9.79. The first-order chi connectivity index (χ1) is 7.61. The largest absolute Gasteiger partial charge is 0.496 e. The van der Waals surface area contributed by atoms with Crippen LogP contribution in [0.4, 0.5) is 0 Å². The van der Waals surface area contributed by atoms with Crippen LogP contribution in [0.25, 0.3) is 0 Å². The van der Waals surface area contributed by atoms with E-state index in [1.54, 1.807) is 7.11 Å². The van der Waals surface area contributed by atoms with E-state index >= 15 is 0 Å². The first-order valence-electron chi connectivity index (χ1n) is 5.74. The lowest BCUT2D eigenvalue weighted by Gasteiger charge is -2.13. The summed E-state index contributed by atoms with van der Waals surface area (Å²) in [5.41, 5.74) is 7.53. The average molecular weight is 284 g/mol. The molecule has 0 bridgehead atoms. The summed E-state index contributed by atoms with van der Waals surface area (Å²) in [5, 5.41) is 0. The van der Waals surface area contributed by atoms with Gasteiger partial charge in [-0.15, -0.1) is 0 Å². The van der Waals surface area contributed by atoms with Crippen LogP contribution in [-0.4, -0.2) is 7.11 Å². The van der Waals surface area contributed by atoms with Crippen LogP contribution in [-0.2, 0) is 5.54 Å². The van der Waals surface area contributed by atoms with Gasteiger partial charge in [0.25, 0.3) is 0 Å². The summed E-state index contributed by atoms with van der Waals surface area (Å²) in [6.07, 6.45) is 3.54. The molecule has 2 unspecified atom stereocenters. The van der Waals surface area contributed by atoms with E-state index in [1.807, 2.05) is 6.07 Å². The Bertz CT molecular complexity index is 394. The molecule has 0 spiro atoms. The second-order valence-electron chi connectivity index (χ2n) is 4.58. The summed E-state index contributed by atoms with van der Waals surface area (Å²) in [7, 11) is 1.68. The van der Waals surface area contributed by atoms with Gasteiger partial charge in [-0.25, -0.2) is 0 Å². The highest BCUT2D eigenvalue weighted by atomic mass is 79.9. The van der Waals surface area contributed by atoms with Crippen molar-refractivity contribution in [3.05, 3.63) is 28.2 Å². The van der Waals surface area contributed by atoms with Crippen molar-refractivity contribution >= 4 is 15.9 Å². The van der Waals surface area contributed by atoms with Gasteiger partial charge < -0.3 is 10.5 Å². The predicted molar refractivity (Wildman–Crippen MR) is 69.6 cm³/mol. The minimum atomic E-state index is -0.0925. The molecule has 2 nitrogen and oxygen atoms in total. The molecule has 2 atom stereocenters. The number of halogens is 1. The number of hydrogen-bond donors (Lipinski definition) is 1. The molecule has 16 heavy (non-hydrogen) atoms. The van der Waals surface area contributed by atoms with Crippen molar-refractivity contribution in [1.29, 1.82) is 0 Å². The minimum absolute atomic E-state index is 0.0925. The van der Waals surface area contributed by atoms with E-state index in [1.165, 1.54) is 18.4 Å². The Hall–Kier alpha value is -0.540. The van der Waals surface area contributed by atoms with Gasteiger partial charge in [0.05, 0.1) is 11.6 Å². The highest BCUT2D eigenvalue weighted by Gasteiger charge is 2.51. The van der Waals surface area contributed by atoms with Gasteiger partial charge in [0.15, 0.2) is 0 Å². The Morgan fingerprint density at radius 2 is 2.31 bits per heavy atom. The SMILES string of the molecule is CCCC1CC1(N)c1ccc(OC)c(Br)c1. The Labute approximate surface area is 105 Å². The van der Waals surface area contributed by atoms with Crippen LogP contribution in [0.2, 0.25) is 0 Å². The molecule has 88 valence electrons. The van der Waals surface area contributed by atoms with E-state index in [9.17, 15) is 0 Å². The fraction of sp³-hybridized carbons (Fsp3) is 0.538. The van der Waals surface area contributed by atoms with Gasteiger partial charge in [-0.05, 0) is 52.4 Å².